The van der Waals surface area contributed by atoms with E-state index in [1.165, 1.54) is 23.9 Å². The van der Waals surface area contributed by atoms with E-state index >= 15 is 0 Å². The van der Waals surface area contributed by atoms with Gasteiger partial charge in [0.25, 0.3) is 0 Å². The lowest BCUT2D eigenvalue weighted by atomic mass is 10.0. The molecule has 0 bridgehead atoms. The fourth-order valence-corrected chi connectivity index (χ4v) is 2.89. The van der Waals surface area contributed by atoms with Crippen LogP contribution in [-0.2, 0) is 0 Å². The molecule has 0 fully saturated rings. The molecule has 0 radical (unpaired) electrons. The monoisotopic (exact) mass is 237 g/mol. The molecule has 0 N–H and O–H groups in total. The molecule has 0 spiro atoms. The van der Waals surface area contributed by atoms with Gasteiger partial charge in [-0.2, -0.15) is 5.26 Å². The van der Waals surface area contributed by atoms with E-state index in [-0.39, 0.29) is 11.1 Å². The van der Waals surface area contributed by atoms with Gasteiger partial charge < -0.3 is 0 Å². The van der Waals surface area contributed by atoms with E-state index in [1.807, 2.05) is 6.07 Å². The molecule has 1 rings (SSSR count). The van der Waals surface area contributed by atoms with Crippen LogP contribution in [0.4, 0.5) is 4.39 Å². The van der Waals surface area contributed by atoms with Crippen LogP contribution in [0, 0.1) is 23.1 Å². The molecule has 0 aliphatic heterocycles. The van der Waals surface area contributed by atoms with Crippen LogP contribution in [0.5, 0.6) is 0 Å². The topological polar surface area (TPSA) is 23.8 Å². The lowest BCUT2D eigenvalue weighted by Gasteiger charge is -2.18. The van der Waals surface area contributed by atoms with Gasteiger partial charge in [-0.05, 0) is 24.1 Å². The Labute approximate surface area is 101 Å². The van der Waals surface area contributed by atoms with Gasteiger partial charge in [0.2, 0.25) is 0 Å². The highest BCUT2D eigenvalue weighted by Crippen LogP contribution is 2.31. The third-order valence-electron chi connectivity index (χ3n) is 2.66. The Hall–Kier alpha value is -1.01. The van der Waals surface area contributed by atoms with Crippen molar-refractivity contribution >= 4 is 11.8 Å². The van der Waals surface area contributed by atoms with Crippen molar-refractivity contribution in [2.45, 2.75) is 36.8 Å². The highest BCUT2D eigenvalue weighted by atomic mass is 32.2. The number of thioether (sulfide) groups is 1. The quantitative estimate of drug-likeness (QED) is 0.715. The molecular weight excluding hydrogens is 221 g/mol. The highest BCUT2D eigenvalue weighted by Gasteiger charge is 2.19. The summed E-state index contributed by atoms with van der Waals surface area (Å²) in [5.74, 6) is 0.129. The van der Waals surface area contributed by atoms with Gasteiger partial charge in [-0.3, -0.25) is 0 Å². The standard InChI is InChI=1S/C13H16FNS/c1-3-10(4-2)13(9-15)16-12-7-5-6-11(14)8-12/h5-8,10,13H,3-4H2,1-2H3. The number of rotatable bonds is 5. The molecule has 1 aromatic rings. The van der Waals surface area contributed by atoms with Crippen LogP contribution >= 0.6 is 11.8 Å². The molecule has 1 aromatic carbocycles. The summed E-state index contributed by atoms with van der Waals surface area (Å²) < 4.78 is 13.0. The van der Waals surface area contributed by atoms with Crippen molar-refractivity contribution in [2.24, 2.45) is 5.92 Å². The zero-order valence-corrected chi connectivity index (χ0v) is 10.4. The van der Waals surface area contributed by atoms with E-state index in [0.29, 0.717) is 5.92 Å². The predicted molar refractivity (Wildman–Crippen MR) is 65.7 cm³/mol. The van der Waals surface area contributed by atoms with Crippen molar-refractivity contribution in [3.8, 4) is 6.07 Å². The minimum Gasteiger partial charge on any atom is -0.207 e. The molecule has 0 aliphatic carbocycles. The van der Waals surface area contributed by atoms with Crippen LogP contribution in [-0.4, -0.2) is 5.25 Å². The largest absolute Gasteiger partial charge is 0.207 e. The fourth-order valence-electron chi connectivity index (χ4n) is 1.63. The first kappa shape index (κ1) is 13.1. The second-order valence-electron chi connectivity index (χ2n) is 3.70. The van der Waals surface area contributed by atoms with Gasteiger partial charge in [0.15, 0.2) is 0 Å². The van der Waals surface area contributed by atoms with Gasteiger partial charge in [0, 0.05) is 4.90 Å². The Kier molecular flexibility index (Phi) is 5.34. The molecule has 0 aliphatic rings. The third kappa shape index (κ3) is 3.53. The highest BCUT2D eigenvalue weighted by molar-refractivity contribution is 8.00. The SMILES string of the molecule is CCC(CC)C(C#N)Sc1cccc(F)c1. The molecule has 0 amide bonds. The van der Waals surface area contributed by atoms with Crippen molar-refractivity contribution in [1.82, 2.24) is 0 Å². The van der Waals surface area contributed by atoms with Crippen LogP contribution in [0.2, 0.25) is 0 Å². The third-order valence-corrected chi connectivity index (χ3v) is 3.93. The maximum Gasteiger partial charge on any atom is 0.124 e. The molecule has 16 heavy (non-hydrogen) atoms. The molecule has 0 heterocycles. The average Bonchev–Trinajstić information content (AvgIpc) is 2.29. The molecule has 1 atom stereocenters. The number of nitrogens with zero attached hydrogens (tertiary/aromatic N) is 1. The molecule has 0 saturated heterocycles. The second-order valence-corrected chi connectivity index (χ2v) is 4.92. The zero-order chi connectivity index (χ0) is 12.0. The Morgan fingerprint density at radius 2 is 2.06 bits per heavy atom. The summed E-state index contributed by atoms with van der Waals surface area (Å²) in [4.78, 5) is 0.832. The minimum atomic E-state index is -0.244. The van der Waals surface area contributed by atoms with Crippen molar-refractivity contribution in [3.63, 3.8) is 0 Å². The summed E-state index contributed by atoms with van der Waals surface area (Å²) in [5, 5.41) is 9.04. The van der Waals surface area contributed by atoms with Gasteiger partial charge in [-0.1, -0.05) is 32.8 Å². The first-order valence-electron chi connectivity index (χ1n) is 5.53. The molecule has 86 valence electrons. The first-order valence-corrected chi connectivity index (χ1v) is 6.41. The Morgan fingerprint density at radius 3 is 2.56 bits per heavy atom. The normalized spacial score (nSPS) is 12.4. The summed E-state index contributed by atoms with van der Waals surface area (Å²) in [7, 11) is 0. The Bertz CT molecular complexity index is 368. The second kappa shape index (κ2) is 6.55. The lowest BCUT2D eigenvalue weighted by molar-refractivity contribution is 0.514. The van der Waals surface area contributed by atoms with Crippen molar-refractivity contribution in [1.29, 1.82) is 5.26 Å². The zero-order valence-electron chi connectivity index (χ0n) is 9.61. The van der Waals surface area contributed by atoms with E-state index in [2.05, 4.69) is 19.9 Å². The van der Waals surface area contributed by atoms with Crippen molar-refractivity contribution < 1.29 is 4.39 Å². The smallest absolute Gasteiger partial charge is 0.124 e. The van der Waals surface area contributed by atoms with E-state index in [4.69, 9.17) is 5.26 Å². The molecule has 1 unspecified atom stereocenters. The van der Waals surface area contributed by atoms with Crippen LogP contribution in [0.25, 0.3) is 0 Å². The number of benzene rings is 1. The number of hydrogen-bond donors (Lipinski definition) is 0. The molecule has 1 nitrogen and oxygen atoms in total. The summed E-state index contributed by atoms with van der Waals surface area (Å²) in [5.41, 5.74) is 0. The molecular formula is C13H16FNS. The van der Waals surface area contributed by atoms with E-state index in [9.17, 15) is 4.39 Å². The van der Waals surface area contributed by atoms with Gasteiger partial charge in [-0.15, -0.1) is 11.8 Å². The Morgan fingerprint density at radius 1 is 1.38 bits per heavy atom. The number of halogens is 1. The number of nitriles is 1. The van der Waals surface area contributed by atoms with Crippen molar-refractivity contribution in [3.05, 3.63) is 30.1 Å². The summed E-state index contributed by atoms with van der Waals surface area (Å²) in [6.45, 7) is 4.18. The van der Waals surface area contributed by atoms with Gasteiger partial charge in [-0.25, -0.2) is 4.39 Å². The summed E-state index contributed by atoms with van der Waals surface area (Å²) >= 11 is 1.46. The van der Waals surface area contributed by atoms with Gasteiger partial charge >= 0.3 is 0 Å². The first-order chi connectivity index (χ1) is 7.71. The average molecular weight is 237 g/mol. The summed E-state index contributed by atoms with van der Waals surface area (Å²) in [6.07, 6.45) is 1.97. The van der Waals surface area contributed by atoms with Crippen molar-refractivity contribution in [2.75, 3.05) is 0 Å². The molecule has 0 aromatic heterocycles. The van der Waals surface area contributed by atoms with Gasteiger partial charge in [0.1, 0.15) is 5.82 Å². The lowest BCUT2D eigenvalue weighted by Crippen LogP contribution is -2.13. The summed E-state index contributed by atoms with van der Waals surface area (Å²) in [6, 6.07) is 8.74. The van der Waals surface area contributed by atoms with E-state index < -0.39 is 0 Å². The fraction of sp³-hybridized carbons (Fsp3) is 0.462. The van der Waals surface area contributed by atoms with Crippen LogP contribution in [0.1, 0.15) is 26.7 Å². The van der Waals surface area contributed by atoms with Crippen LogP contribution in [0.15, 0.2) is 29.2 Å². The maximum atomic E-state index is 13.0. The van der Waals surface area contributed by atoms with Crippen LogP contribution < -0.4 is 0 Å². The minimum absolute atomic E-state index is 0.0863. The van der Waals surface area contributed by atoms with E-state index in [0.717, 1.165) is 17.7 Å². The predicted octanol–water partition coefficient (Wildman–Crippen LogP) is 4.25. The Balaban J connectivity index is 2.74. The molecule has 3 heteroatoms. The van der Waals surface area contributed by atoms with Gasteiger partial charge in [0.05, 0.1) is 11.3 Å². The maximum absolute atomic E-state index is 13.0. The molecule has 0 saturated carbocycles. The number of hydrogen-bond acceptors (Lipinski definition) is 2. The van der Waals surface area contributed by atoms with E-state index in [1.54, 1.807) is 6.07 Å². The van der Waals surface area contributed by atoms with Crippen LogP contribution in [0.3, 0.4) is 0 Å².